The summed E-state index contributed by atoms with van der Waals surface area (Å²) in [5, 5.41) is 0. The molecule has 1 aromatic carbocycles. The van der Waals surface area contributed by atoms with Crippen LogP contribution in [0.3, 0.4) is 0 Å². The van der Waals surface area contributed by atoms with Gasteiger partial charge in [0.15, 0.2) is 0 Å². The zero-order chi connectivity index (χ0) is 10.8. The van der Waals surface area contributed by atoms with E-state index in [-0.39, 0.29) is 0 Å². The lowest BCUT2D eigenvalue weighted by atomic mass is 10.2. The molecular weight excluding hydrogens is 186 g/mol. The Labute approximate surface area is 91.7 Å². The van der Waals surface area contributed by atoms with E-state index >= 15 is 0 Å². The monoisotopic (exact) mass is 203 g/mol. The molecule has 0 spiro atoms. The van der Waals surface area contributed by atoms with Gasteiger partial charge in [0, 0.05) is 13.0 Å². The highest BCUT2D eigenvalue weighted by molar-refractivity contribution is 5.13. The van der Waals surface area contributed by atoms with Gasteiger partial charge in [0.2, 0.25) is 6.54 Å². The molecular formula is C13H17NO. The van der Waals surface area contributed by atoms with Gasteiger partial charge >= 0.3 is 0 Å². The van der Waals surface area contributed by atoms with Gasteiger partial charge in [-0.25, -0.2) is 6.57 Å². The molecule has 0 saturated heterocycles. The molecule has 0 radical (unpaired) electrons. The normalized spacial score (nSPS) is 9.80. The molecule has 80 valence electrons. The summed E-state index contributed by atoms with van der Waals surface area (Å²) in [7, 11) is 0. The molecule has 0 aliphatic carbocycles. The van der Waals surface area contributed by atoms with E-state index < -0.39 is 0 Å². The lowest BCUT2D eigenvalue weighted by Crippen LogP contribution is -1.95. The number of rotatable bonds is 7. The average Bonchev–Trinajstić information content (AvgIpc) is 2.29. The van der Waals surface area contributed by atoms with Gasteiger partial charge < -0.3 is 9.58 Å². The van der Waals surface area contributed by atoms with Crippen LogP contribution in [0.15, 0.2) is 30.3 Å². The Bertz CT molecular complexity index is 289. The highest BCUT2D eigenvalue weighted by atomic mass is 16.5. The molecule has 2 nitrogen and oxygen atoms in total. The van der Waals surface area contributed by atoms with E-state index in [4.69, 9.17) is 11.3 Å². The largest absolute Gasteiger partial charge is 0.377 e. The second-order valence-corrected chi connectivity index (χ2v) is 3.48. The molecule has 15 heavy (non-hydrogen) atoms. The van der Waals surface area contributed by atoms with Gasteiger partial charge in [0.1, 0.15) is 0 Å². The number of nitrogens with zero attached hydrogens (tertiary/aromatic N) is 1. The fourth-order valence-corrected chi connectivity index (χ4v) is 1.34. The fourth-order valence-electron chi connectivity index (χ4n) is 1.34. The second kappa shape index (κ2) is 8.02. The molecule has 0 aromatic heterocycles. The minimum absolute atomic E-state index is 0.651. The van der Waals surface area contributed by atoms with Crippen molar-refractivity contribution in [3.63, 3.8) is 0 Å². The molecule has 0 amide bonds. The summed E-state index contributed by atoms with van der Waals surface area (Å²) >= 11 is 0. The smallest absolute Gasteiger partial charge is 0.214 e. The minimum Gasteiger partial charge on any atom is -0.377 e. The molecule has 0 fully saturated rings. The number of ether oxygens (including phenoxy) is 1. The molecule has 0 unspecified atom stereocenters. The highest BCUT2D eigenvalue weighted by Gasteiger charge is 1.93. The van der Waals surface area contributed by atoms with Crippen LogP contribution in [0.25, 0.3) is 4.85 Å². The Kier molecular flexibility index (Phi) is 6.28. The van der Waals surface area contributed by atoms with E-state index in [9.17, 15) is 0 Å². The molecule has 1 aromatic rings. The van der Waals surface area contributed by atoms with Crippen LogP contribution < -0.4 is 0 Å². The topological polar surface area (TPSA) is 13.6 Å². The molecule has 0 bridgehead atoms. The summed E-state index contributed by atoms with van der Waals surface area (Å²) in [6.07, 6.45) is 3.15. The zero-order valence-electron chi connectivity index (χ0n) is 8.98. The molecule has 0 saturated carbocycles. The summed E-state index contributed by atoms with van der Waals surface area (Å²) in [5.74, 6) is 0. The summed E-state index contributed by atoms with van der Waals surface area (Å²) in [5.41, 5.74) is 1.22. The van der Waals surface area contributed by atoms with Gasteiger partial charge in [0.05, 0.1) is 6.61 Å². The van der Waals surface area contributed by atoms with Crippen LogP contribution >= 0.6 is 0 Å². The Hall–Kier alpha value is -1.33. The lowest BCUT2D eigenvalue weighted by Gasteiger charge is -2.03. The maximum absolute atomic E-state index is 6.63. The third-order valence-electron chi connectivity index (χ3n) is 2.17. The maximum atomic E-state index is 6.63. The Morgan fingerprint density at radius 3 is 2.60 bits per heavy atom. The molecule has 0 N–H and O–H groups in total. The van der Waals surface area contributed by atoms with Gasteiger partial charge in [-0.1, -0.05) is 30.3 Å². The molecule has 0 aliphatic rings. The van der Waals surface area contributed by atoms with E-state index in [1.165, 1.54) is 5.56 Å². The van der Waals surface area contributed by atoms with Crippen molar-refractivity contribution in [2.45, 2.75) is 25.9 Å². The fraction of sp³-hybridized carbons (Fsp3) is 0.462. The van der Waals surface area contributed by atoms with E-state index in [1.807, 2.05) is 18.2 Å². The Morgan fingerprint density at radius 1 is 1.07 bits per heavy atom. The standard InChI is InChI=1S/C13H17NO/c1-14-10-6-3-7-11-15-12-13-8-4-2-5-9-13/h2,4-5,8-9H,3,6-7,10-12H2. The van der Waals surface area contributed by atoms with Crippen molar-refractivity contribution in [2.75, 3.05) is 13.2 Å². The second-order valence-electron chi connectivity index (χ2n) is 3.48. The number of hydrogen-bond donors (Lipinski definition) is 0. The van der Waals surface area contributed by atoms with E-state index in [0.717, 1.165) is 25.9 Å². The first-order chi connectivity index (χ1) is 7.43. The Balaban J connectivity index is 1.96. The third kappa shape index (κ3) is 5.87. The van der Waals surface area contributed by atoms with Gasteiger partial charge in [0.25, 0.3) is 0 Å². The molecule has 2 heteroatoms. The zero-order valence-corrected chi connectivity index (χ0v) is 8.98. The molecule has 1 rings (SSSR count). The van der Waals surface area contributed by atoms with Gasteiger partial charge in [-0.15, -0.1) is 0 Å². The molecule has 0 atom stereocenters. The highest BCUT2D eigenvalue weighted by Crippen LogP contribution is 2.02. The van der Waals surface area contributed by atoms with Crippen molar-refractivity contribution in [3.05, 3.63) is 47.3 Å². The molecule has 0 heterocycles. The predicted molar refractivity (Wildman–Crippen MR) is 61.4 cm³/mol. The first-order valence-electron chi connectivity index (χ1n) is 5.38. The first-order valence-corrected chi connectivity index (χ1v) is 5.38. The minimum atomic E-state index is 0.651. The summed E-state index contributed by atoms with van der Waals surface area (Å²) in [4.78, 5) is 3.31. The van der Waals surface area contributed by atoms with E-state index in [2.05, 4.69) is 17.0 Å². The number of benzene rings is 1. The predicted octanol–water partition coefficient (Wildman–Crippen LogP) is 3.29. The van der Waals surface area contributed by atoms with Gasteiger partial charge in [-0.05, 0) is 18.4 Å². The van der Waals surface area contributed by atoms with Crippen LogP contribution in [0.2, 0.25) is 0 Å². The van der Waals surface area contributed by atoms with Crippen molar-refractivity contribution in [1.29, 1.82) is 0 Å². The van der Waals surface area contributed by atoms with Gasteiger partial charge in [-0.2, -0.15) is 0 Å². The van der Waals surface area contributed by atoms with Crippen molar-refractivity contribution in [2.24, 2.45) is 0 Å². The van der Waals surface area contributed by atoms with Crippen molar-refractivity contribution < 1.29 is 4.74 Å². The van der Waals surface area contributed by atoms with Crippen molar-refractivity contribution in [1.82, 2.24) is 0 Å². The quantitative estimate of drug-likeness (QED) is 0.489. The van der Waals surface area contributed by atoms with Crippen LogP contribution in [0, 0.1) is 6.57 Å². The van der Waals surface area contributed by atoms with Crippen LogP contribution in [0.1, 0.15) is 24.8 Å². The van der Waals surface area contributed by atoms with Crippen LogP contribution in [0.4, 0.5) is 0 Å². The third-order valence-corrected chi connectivity index (χ3v) is 2.17. The summed E-state index contributed by atoms with van der Waals surface area (Å²) < 4.78 is 5.52. The Morgan fingerprint density at radius 2 is 1.87 bits per heavy atom. The summed E-state index contributed by atoms with van der Waals surface area (Å²) in [6.45, 7) is 8.77. The first kappa shape index (κ1) is 11.7. The van der Waals surface area contributed by atoms with Crippen molar-refractivity contribution >= 4 is 0 Å². The van der Waals surface area contributed by atoms with Crippen LogP contribution in [-0.2, 0) is 11.3 Å². The van der Waals surface area contributed by atoms with Crippen LogP contribution in [-0.4, -0.2) is 13.2 Å². The average molecular weight is 203 g/mol. The van der Waals surface area contributed by atoms with Crippen molar-refractivity contribution in [3.8, 4) is 0 Å². The molecule has 0 aliphatic heterocycles. The number of hydrogen-bond acceptors (Lipinski definition) is 1. The van der Waals surface area contributed by atoms with E-state index in [1.54, 1.807) is 0 Å². The van der Waals surface area contributed by atoms with E-state index in [0.29, 0.717) is 13.2 Å². The van der Waals surface area contributed by atoms with Gasteiger partial charge in [-0.3, -0.25) is 0 Å². The maximum Gasteiger partial charge on any atom is 0.214 e. The lowest BCUT2D eigenvalue weighted by molar-refractivity contribution is 0.117. The summed E-state index contributed by atoms with van der Waals surface area (Å²) in [6, 6.07) is 10.2. The van der Waals surface area contributed by atoms with Crippen LogP contribution in [0.5, 0.6) is 0 Å². The number of unbranched alkanes of at least 4 members (excludes halogenated alkanes) is 2. The SMILES string of the molecule is [C-]#[N+]CCCCCOCc1ccccc1.